The first kappa shape index (κ1) is 42.0. The molecule has 0 aliphatic rings. The highest BCUT2D eigenvalue weighted by atomic mass is 32.2. The Morgan fingerprint density at radius 3 is 1.72 bits per heavy atom. The molecule has 0 spiro atoms. The van der Waals surface area contributed by atoms with Crippen LogP contribution in [0.2, 0.25) is 0 Å². The average molecular weight is 680 g/mol. The van der Waals surface area contributed by atoms with Crippen LogP contribution in [0.15, 0.2) is 0 Å². The largest absolute Gasteiger partial charge is 0.481 e. The number of aliphatic hydroxyl groups is 2. The number of hydrogen-bond donors (Lipinski definition) is 11. The third-order valence-electron chi connectivity index (χ3n) is 6.31. The van der Waals surface area contributed by atoms with E-state index in [1.165, 1.54) is 25.6 Å². The average Bonchev–Trinajstić information content (AvgIpc) is 2.97. The van der Waals surface area contributed by atoms with Crippen LogP contribution >= 0.6 is 11.8 Å². The quantitative estimate of drug-likeness (QED) is 0.0543. The molecule has 46 heavy (non-hydrogen) atoms. The van der Waals surface area contributed by atoms with Crippen molar-refractivity contribution in [2.45, 2.75) is 82.9 Å². The maximum absolute atomic E-state index is 13.2. The molecule has 0 fully saturated rings. The number of thioether (sulfide) groups is 1. The Bertz CT molecular complexity index is 1110. The first-order valence-electron chi connectivity index (χ1n) is 14.1. The molecule has 262 valence electrons. The minimum Gasteiger partial charge on any atom is -0.481 e. The molecule has 0 aromatic heterocycles. The van der Waals surface area contributed by atoms with Gasteiger partial charge in [-0.25, -0.2) is 0 Å². The Hall–Kier alpha value is -4.01. The fourth-order valence-corrected chi connectivity index (χ4v) is 4.05. The molecule has 7 unspecified atom stereocenters. The van der Waals surface area contributed by atoms with Crippen molar-refractivity contribution in [2.24, 2.45) is 11.7 Å². The second-order valence-electron chi connectivity index (χ2n) is 10.6. The molecule has 0 heterocycles. The van der Waals surface area contributed by atoms with Crippen LogP contribution < -0.4 is 37.6 Å². The summed E-state index contributed by atoms with van der Waals surface area (Å²) in [5, 5.41) is 50.6. The highest BCUT2D eigenvalue weighted by Crippen LogP contribution is 2.07. The molecule has 0 radical (unpaired) electrons. The number of rotatable bonds is 21. The lowest BCUT2D eigenvalue weighted by atomic mass is 10.0. The zero-order valence-corrected chi connectivity index (χ0v) is 27.0. The van der Waals surface area contributed by atoms with Gasteiger partial charge in [-0.15, -0.1) is 0 Å². The molecule has 0 rings (SSSR count). The summed E-state index contributed by atoms with van der Waals surface area (Å²) in [6.07, 6.45) is -0.441. The van der Waals surface area contributed by atoms with E-state index in [4.69, 9.17) is 10.8 Å². The van der Waals surface area contributed by atoms with E-state index < -0.39 is 115 Å². The van der Waals surface area contributed by atoms with Crippen LogP contribution in [-0.2, 0) is 38.4 Å². The predicted molar refractivity (Wildman–Crippen MR) is 163 cm³/mol. The van der Waals surface area contributed by atoms with Gasteiger partial charge in [-0.1, -0.05) is 13.8 Å². The van der Waals surface area contributed by atoms with Crippen LogP contribution in [-0.4, -0.2) is 135 Å². The van der Waals surface area contributed by atoms with Crippen molar-refractivity contribution in [3.8, 4) is 0 Å². The van der Waals surface area contributed by atoms with Gasteiger partial charge >= 0.3 is 11.9 Å². The Morgan fingerprint density at radius 1 is 0.696 bits per heavy atom. The summed E-state index contributed by atoms with van der Waals surface area (Å²) in [7, 11) is 0. The summed E-state index contributed by atoms with van der Waals surface area (Å²) in [5.41, 5.74) is 5.56. The molecule has 7 atom stereocenters. The molecule has 0 aliphatic heterocycles. The number of aliphatic carboxylic acids is 2. The molecule has 19 nitrogen and oxygen atoms in total. The van der Waals surface area contributed by atoms with Gasteiger partial charge in [-0.05, 0) is 38.2 Å². The zero-order valence-electron chi connectivity index (χ0n) is 26.2. The van der Waals surface area contributed by atoms with E-state index in [9.17, 15) is 53.7 Å². The third kappa shape index (κ3) is 15.3. The number of carboxylic acid groups (broad SMARTS) is 2. The van der Waals surface area contributed by atoms with E-state index in [1.807, 2.05) is 5.32 Å². The van der Waals surface area contributed by atoms with Crippen molar-refractivity contribution >= 4 is 59.1 Å². The van der Waals surface area contributed by atoms with Gasteiger partial charge in [0.15, 0.2) is 0 Å². The smallest absolute Gasteiger partial charge is 0.322 e. The number of hydrogen-bond acceptors (Lipinski definition) is 12. The van der Waals surface area contributed by atoms with Gasteiger partial charge in [-0.2, -0.15) is 11.8 Å². The maximum atomic E-state index is 13.2. The molecule has 12 N–H and O–H groups in total. The van der Waals surface area contributed by atoms with E-state index in [0.717, 1.165) is 0 Å². The number of nitrogens with one attached hydrogen (secondary N) is 6. The fraction of sp³-hybridized carbons (Fsp3) is 0.692. The molecule has 0 saturated heterocycles. The van der Waals surface area contributed by atoms with Crippen LogP contribution in [0.25, 0.3) is 0 Å². The Labute approximate surface area is 269 Å². The maximum Gasteiger partial charge on any atom is 0.322 e. The van der Waals surface area contributed by atoms with E-state index in [1.54, 1.807) is 20.1 Å². The summed E-state index contributed by atoms with van der Waals surface area (Å²) in [4.78, 5) is 98.6. The number of carboxylic acids is 2. The van der Waals surface area contributed by atoms with Crippen molar-refractivity contribution in [3.05, 3.63) is 0 Å². The van der Waals surface area contributed by atoms with Crippen molar-refractivity contribution in [3.63, 3.8) is 0 Å². The summed E-state index contributed by atoms with van der Waals surface area (Å²) in [6.45, 7) is 4.00. The van der Waals surface area contributed by atoms with Crippen LogP contribution in [0, 0.1) is 5.92 Å². The highest BCUT2D eigenvalue weighted by molar-refractivity contribution is 7.98. The molecular formula is C26H45N7O12S. The highest BCUT2D eigenvalue weighted by Gasteiger charge is 2.34. The van der Waals surface area contributed by atoms with Crippen molar-refractivity contribution in [2.75, 3.05) is 25.2 Å². The minimum atomic E-state index is -1.73. The van der Waals surface area contributed by atoms with E-state index in [2.05, 4.69) is 26.6 Å². The standard InChI is InChI=1S/C26H45N7O12S/c1-11(2)20(33-21(40)12(3)29-25(44)19(27)13(4)35)26(45)31-15(8-17(36)37)24(43)30-14(6-7-46-5)23(42)32-16(10-34)22(41)28-9-18(38)39/h11-16,19-20,34-35H,6-10,27H2,1-5H3,(H,28,41)(H,29,44)(H,30,43)(H,31,45)(H,32,42)(H,33,40)(H,36,37)(H,38,39). The van der Waals surface area contributed by atoms with Gasteiger partial charge in [-0.3, -0.25) is 38.4 Å². The van der Waals surface area contributed by atoms with Gasteiger partial charge in [0.2, 0.25) is 35.4 Å². The van der Waals surface area contributed by atoms with Gasteiger partial charge < -0.3 is 58.1 Å². The monoisotopic (exact) mass is 679 g/mol. The van der Waals surface area contributed by atoms with Crippen LogP contribution in [0.1, 0.15) is 40.5 Å². The number of carbonyl (C=O) groups is 8. The molecule has 0 aromatic rings. The van der Waals surface area contributed by atoms with Crippen LogP contribution in [0.3, 0.4) is 0 Å². The lowest BCUT2D eigenvalue weighted by Crippen LogP contribution is -2.60. The Morgan fingerprint density at radius 2 is 1.24 bits per heavy atom. The summed E-state index contributed by atoms with van der Waals surface area (Å²) >= 11 is 1.29. The normalized spacial score (nSPS) is 15.5. The molecule has 0 saturated carbocycles. The first-order valence-corrected chi connectivity index (χ1v) is 15.5. The first-order chi connectivity index (χ1) is 21.4. The van der Waals surface area contributed by atoms with Gasteiger partial charge in [0.25, 0.3) is 0 Å². The van der Waals surface area contributed by atoms with Crippen molar-refractivity contribution < 1.29 is 58.8 Å². The second-order valence-corrected chi connectivity index (χ2v) is 11.6. The van der Waals surface area contributed by atoms with Gasteiger partial charge in [0, 0.05) is 0 Å². The van der Waals surface area contributed by atoms with E-state index in [0.29, 0.717) is 5.75 Å². The number of aliphatic hydroxyl groups excluding tert-OH is 2. The van der Waals surface area contributed by atoms with Crippen molar-refractivity contribution in [1.29, 1.82) is 0 Å². The number of carbonyl (C=O) groups excluding carboxylic acids is 6. The predicted octanol–water partition coefficient (Wildman–Crippen LogP) is -4.78. The molecule has 20 heteroatoms. The molecule has 0 aromatic carbocycles. The van der Waals surface area contributed by atoms with E-state index >= 15 is 0 Å². The fourth-order valence-electron chi connectivity index (χ4n) is 3.58. The summed E-state index contributed by atoms with van der Waals surface area (Å²) in [5.74, 6) is -8.80. The van der Waals surface area contributed by atoms with Crippen molar-refractivity contribution in [1.82, 2.24) is 31.9 Å². The van der Waals surface area contributed by atoms with Crippen LogP contribution in [0.4, 0.5) is 0 Å². The molecular weight excluding hydrogens is 634 g/mol. The number of amides is 6. The van der Waals surface area contributed by atoms with Gasteiger partial charge in [0.05, 0.1) is 19.1 Å². The topological polar surface area (TPSA) is 316 Å². The summed E-state index contributed by atoms with van der Waals surface area (Å²) in [6, 6.07) is -8.50. The van der Waals surface area contributed by atoms with Gasteiger partial charge in [0.1, 0.15) is 42.8 Å². The van der Waals surface area contributed by atoms with E-state index in [-0.39, 0.29) is 6.42 Å². The lowest BCUT2D eigenvalue weighted by Gasteiger charge is -2.27. The number of nitrogens with two attached hydrogens (primary N) is 1. The van der Waals surface area contributed by atoms with Crippen LogP contribution in [0.5, 0.6) is 0 Å². The molecule has 0 aliphatic carbocycles. The Kier molecular flexibility index (Phi) is 19.1. The third-order valence-corrected chi connectivity index (χ3v) is 6.95. The SMILES string of the molecule is CSCCC(NC(=O)C(CC(=O)O)NC(=O)C(NC(=O)C(C)NC(=O)C(N)C(C)O)C(C)C)C(=O)NC(CO)C(=O)NCC(=O)O. The minimum absolute atomic E-state index is 0.0195. The summed E-state index contributed by atoms with van der Waals surface area (Å²) < 4.78 is 0. The lowest BCUT2D eigenvalue weighted by molar-refractivity contribution is -0.141. The molecule has 0 bridgehead atoms. The zero-order chi connectivity index (χ0) is 35.7. The Balaban J connectivity index is 5.81. The molecule has 6 amide bonds. The second kappa shape index (κ2) is 20.9.